The van der Waals surface area contributed by atoms with E-state index in [0.717, 1.165) is 12.3 Å². The van der Waals surface area contributed by atoms with Crippen molar-refractivity contribution in [2.24, 2.45) is 11.7 Å². The molecule has 0 aromatic heterocycles. The Labute approximate surface area is 124 Å². The molecule has 1 aromatic rings. The van der Waals surface area contributed by atoms with Crippen molar-refractivity contribution in [3.8, 4) is 0 Å². The molecule has 1 atom stereocenters. The lowest BCUT2D eigenvalue weighted by Gasteiger charge is -2.32. The highest BCUT2D eigenvalue weighted by Gasteiger charge is 2.20. The molecule has 1 saturated carbocycles. The summed E-state index contributed by atoms with van der Waals surface area (Å²) in [5.41, 5.74) is 8.81. The predicted molar refractivity (Wildman–Crippen MR) is 86.8 cm³/mol. The van der Waals surface area contributed by atoms with Crippen molar-refractivity contribution in [1.82, 2.24) is 4.90 Å². The maximum absolute atomic E-state index is 6.04. The summed E-state index contributed by atoms with van der Waals surface area (Å²) in [6.07, 6.45) is 8.16. The van der Waals surface area contributed by atoms with Crippen LogP contribution in [0, 0.1) is 5.92 Å². The average Bonchev–Trinajstić information content (AvgIpc) is 2.49. The fraction of sp³-hybridized carbons (Fsp3) is 0.667. The Kier molecular flexibility index (Phi) is 6.06. The van der Waals surface area contributed by atoms with E-state index >= 15 is 0 Å². The molecule has 0 heterocycles. The van der Waals surface area contributed by atoms with E-state index in [-0.39, 0.29) is 0 Å². The molecule has 0 aliphatic heterocycles. The summed E-state index contributed by atoms with van der Waals surface area (Å²) in [5, 5.41) is 0. The van der Waals surface area contributed by atoms with Gasteiger partial charge in [0.05, 0.1) is 0 Å². The lowest BCUT2D eigenvalue weighted by Crippen LogP contribution is -2.34. The molecule has 0 spiro atoms. The van der Waals surface area contributed by atoms with Gasteiger partial charge in [-0.1, -0.05) is 50.5 Å². The first kappa shape index (κ1) is 15.5. The van der Waals surface area contributed by atoms with Gasteiger partial charge in [0, 0.05) is 19.1 Å². The monoisotopic (exact) mass is 274 g/mol. The number of nitrogens with zero attached hydrogens (tertiary/aromatic N) is 1. The summed E-state index contributed by atoms with van der Waals surface area (Å²) < 4.78 is 0. The van der Waals surface area contributed by atoms with Crippen LogP contribution in [0.25, 0.3) is 0 Å². The maximum Gasteiger partial charge on any atom is 0.0467 e. The molecule has 2 heteroatoms. The van der Waals surface area contributed by atoms with E-state index in [4.69, 9.17) is 5.73 Å². The summed E-state index contributed by atoms with van der Waals surface area (Å²) in [7, 11) is 2.24. The van der Waals surface area contributed by atoms with Gasteiger partial charge in [0.25, 0.3) is 0 Å². The molecule has 0 radical (unpaired) electrons. The van der Waals surface area contributed by atoms with Crippen LogP contribution < -0.4 is 5.73 Å². The zero-order valence-corrected chi connectivity index (χ0v) is 13.1. The highest BCUT2D eigenvalue weighted by molar-refractivity contribution is 5.25. The van der Waals surface area contributed by atoms with Crippen molar-refractivity contribution in [3.05, 3.63) is 35.4 Å². The van der Waals surface area contributed by atoms with Crippen LogP contribution in [0.15, 0.2) is 24.3 Å². The van der Waals surface area contributed by atoms with Crippen molar-refractivity contribution < 1.29 is 0 Å². The van der Waals surface area contributed by atoms with E-state index in [1.807, 2.05) is 0 Å². The number of rotatable bonds is 6. The molecule has 2 nitrogen and oxygen atoms in total. The summed E-state index contributed by atoms with van der Waals surface area (Å²) in [4.78, 5) is 2.47. The third kappa shape index (κ3) is 4.07. The number of hydrogen-bond acceptors (Lipinski definition) is 2. The first-order valence-electron chi connectivity index (χ1n) is 8.23. The Morgan fingerprint density at radius 1 is 1.15 bits per heavy atom. The van der Waals surface area contributed by atoms with Crippen LogP contribution in [0.4, 0.5) is 0 Å². The average molecular weight is 274 g/mol. The van der Waals surface area contributed by atoms with E-state index in [1.54, 1.807) is 0 Å². The van der Waals surface area contributed by atoms with Crippen molar-refractivity contribution in [2.75, 3.05) is 20.1 Å². The largest absolute Gasteiger partial charge is 0.329 e. The Bertz CT molecular complexity index is 379. The lowest BCUT2D eigenvalue weighted by molar-refractivity contribution is 0.185. The summed E-state index contributed by atoms with van der Waals surface area (Å²) in [6, 6.07) is 9.36. The summed E-state index contributed by atoms with van der Waals surface area (Å²) >= 11 is 0. The fourth-order valence-corrected chi connectivity index (χ4v) is 3.45. The molecule has 0 saturated heterocycles. The highest BCUT2D eigenvalue weighted by atomic mass is 15.1. The Hall–Kier alpha value is -0.860. The van der Waals surface area contributed by atoms with Crippen LogP contribution in [0.2, 0.25) is 0 Å². The van der Waals surface area contributed by atoms with E-state index in [9.17, 15) is 0 Å². The quantitative estimate of drug-likeness (QED) is 0.856. The molecule has 1 aliphatic carbocycles. The highest BCUT2D eigenvalue weighted by Crippen LogP contribution is 2.27. The van der Waals surface area contributed by atoms with Crippen molar-refractivity contribution in [1.29, 1.82) is 0 Å². The van der Waals surface area contributed by atoms with Gasteiger partial charge in [-0.2, -0.15) is 0 Å². The number of benzene rings is 1. The van der Waals surface area contributed by atoms with Crippen LogP contribution >= 0.6 is 0 Å². The zero-order valence-electron chi connectivity index (χ0n) is 13.1. The van der Waals surface area contributed by atoms with Crippen molar-refractivity contribution in [2.45, 2.75) is 51.5 Å². The molecule has 1 unspecified atom stereocenters. The second kappa shape index (κ2) is 7.80. The minimum atomic E-state index is 0.364. The van der Waals surface area contributed by atoms with Gasteiger partial charge in [0.1, 0.15) is 0 Å². The van der Waals surface area contributed by atoms with Gasteiger partial charge in [-0.3, -0.25) is 4.90 Å². The van der Waals surface area contributed by atoms with Crippen LogP contribution in [0.1, 0.15) is 56.2 Å². The third-order valence-electron chi connectivity index (χ3n) is 4.80. The smallest absolute Gasteiger partial charge is 0.0467 e. The lowest BCUT2D eigenvalue weighted by atomic mass is 9.88. The zero-order chi connectivity index (χ0) is 14.4. The molecule has 112 valence electrons. The van der Waals surface area contributed by atoms with Crippen molar-refractivity contribution >= 4 is 0 Å². The number of hydrogen-bond donors (Lipinski definition) is 1. The van der Waals surface area contributed by atoms with E-state index < -0.39 is 0 Å². The SMILES string of the molecule is CCc1ccc(C(CN)N(C)CC2CCCCC2)cc1. The van der Waals surface area contributed by atoms with Gasteiger partial charge in [0.15, 0.2) is 0 Å². The number of nitrogens with two attached hydrogens (primary N) is 1. The van der Waals surface area contributed by atoms with Crippen LogP contribution in [-0.4, -0.2) is 25.0 Å². The molecule has 20 heavy (non-hydrogen) atoms. The molecule has 0 amide bonds. The number of aryl methyl sites for hydroxylation is 1. The standard InChI is InChI=1S/C18H30N2/c1-3-15-9-11-17(12-10-15)18(13-19)20(2)14-16-7-5-4-6-8-16/h9-12,16,18H,3-8,13-14,19H2,1-2H3. The molecule has 1 aromatic carbocycles. The predicted octanol–water partition coefficient (Wildman–Crippen LogP) is 3.76. The minimum absolute atomic E-state index is 0.364. The first-order chi connectivity index (χ1) is 9.74. The van der Waals surface area contributed by atoms with Gasteiger partial charge in [-0.25, -0.2) is 0 Å². The topological polar surface area (TPSA) is 29.3 Å². The van der Waals surface area contributed by atoms with E-state index in [2.05, 4.69) is 43.1 Å². The van der Waals surface area contributed by atoms with Gasteiger partial charge >= 0.3 is 0 Å². The summed E-state index contributed by atoms with van der Waals surface area (Å²) in [6.45, 7) is 4.09. The molecular formula is C18H30N2. The molecule has 2 N–H and O–H groups in total. The molecular weight excluding hydrogens is 244 g/mol. The molecule has 1 fully saturated rings. The van der Waals surface area contributed by atoms with Crippen LogP contribution in [0.3, 0.4) is 0 Å². The van der Waals surface area contributed by atoms with Crippen LogP contribution in [0.5, 0.6) is 0 Å². The first-order valence-corrected chi connectivity index (χ1v) is 8.23. The van der Waals surface area contributed by atoms with Gasteiger partial charge < -0.3 is 5.73 Å². The van der Waals surface area contributed by atoms with Gasteiger partial charge in [0.2, 0.25) is 0 Å². The van der Waals surface area contributed by atoms with Gasteiger partial charge in [-0.05, 0) is 43.4 Å². The van der Waals surface area contributed by atoms with Crippen molar-refractivity contribution in [3.63, 3.8) is 0 Å². The molecule has 2 rings (SSSR count). The fourth-order valence-electron chi connectivity index (χ4n) is 3.45. The normalized spacial score (nSPS) is 18.4. The minimum Gasteiger partial charge on any atom is -0.329 e. The molecule has 0 bridgehead atoms. The maximum atomic E-state index is 6.04. The second-order valence-electron chi connectivity index (χ2n) is 6.29. The summed E-state index contributed by atoms with van der Waals surface area (Å²) in [5.74, 6) is 0.873. The van der Waals surface area contributed by atoms with E-state index in [1.165, 1.54) is 49.8 Å². The number of likely N-dealkylation sites (N-methyl/N-ethyl adjacent to an activating group) is 1. The third-order valence-corrected chi connectivity index (χ3v) is 4.80. The Morgan fingerprint density at radius 3 is 2.35 bits per heavy atom. The Balaban J connectivity index is 1.98. The second-order valence-corrected chi connectivity index (χ2v) is 6.29. The van der Waals surface area contributed by atoms with E-state index in [0.29, 0.717) is 12.6 Å². The Morgan fingerprint density at radius 2 is 1.80 bits per heavy atom. The van der Waals surface area contributed by atoms with Crippen LogP contribution in [-0.2, 0) is 6.42 Å². The molecule has 1 aliphatic rings. The van der Waals surface area contributed by atoms with Gasteiger partial charge in [-0.15, -0.1) is 0 Å².